The summed E-state index contributed by atoms with van der Waals surface area (Å²) in [6.07, 6.45) is 1.25. The molecule has 1 fully saturated rings. The Balaban J connectivity index is 1.45. The molecule has 1 atom stereocenters. The molecule has 1 aromatic heterocycles. The van der Waals surface area contributed by atoms with Crippen molar-refractivity contribution in [2.24, 2.45) is 0 Å². The minimum Gasteiger partial charge on any atom is -0.495 e. The van der Waals surface area contributed by atoms with Crippen LogP contribution in [0.2, 0.25) is 0 Å². The van der Waals surface area contributed by atoms with Crippen LogP contribution >= 0.6 is 0 Å². The standard InChI is InChI=1S/C19H23N5O3/c1-27-17-6-3-2-5-16(17)23-12-13(9-18(23)25)21-19(26)15-10-14-11-20-7-4-8-24(14)22-15/h2-3,5-6,10,13,20H,4,7-9,11-12H2,1H3,(H,21,26). The Bertz CT molecular complexity index is 839. The molecule has 1 aromatic carbocycles. The highest BCUT2D eigenvalue weighted by atomic mass is 16.5. The van der Waals surface area contributed by atoms with E-state index in [0.29, 0.717) is 24.5 Å². The number of benzene rings is 1. The van der Waals surface area contributed by atoms with Crippen molar-refractivity contribution < 1.29 is 14.3 Å². The van der Waals surface area contributed by atoms with Crippen molar-refractivity contribution >= 4 is 17.5 Å². The van der Waals surface area contributed by atoms with Crippen molar-refractivity contribution in [3.8, 4) is 5.75 Å². The van der Waals surface area contributed by atoms with Gasteiger partial charge in [-0.05, 0) is 31.2 Å². The summed E-state index contributed by atoms with van der Waals surface area (Å²) in [6.45, 7) is 2.89. The molecule has 2 aliphatic rings. The molecule has 2 aromatic rings. The number of carbonyl (C=O) groups excluding carboxylic acids is 2. The Morgan fingerprint density at radius 3 is 3.07 bits per heavy atom. The number of rotatable bonds is 4. The minimum atomic E-state index is -0.255. The number of carbonyl (C=O) groups is 2. The van der Waals surface area contributed by atoms with E-state index in [9.17, 15) is 9.59 Å². The zero-order chi connectivity index (χ0) is 18.8. The summed E-state index contributed by atoms with van der Waals surface area (Å²) in [7, 11) is 1.58. The molecule has 2 amide bonds. The zero-order valence-corrected chi connectivity index (χ0v) is 15.3. The highest BCUT2D eigenvalue weighted by Gasteiger charge is 2.33. The summed E-state index contributed by atoms with van der Waals surface area (Å²) in [5, 5.41) is 10.7. The Morgan fingerprint density at radius 2 is 2.22 bits per heavy atom. The molecular weight excluding hydrogens is 346 g/mol. The average molecular weight is 369 g/mol. The molecule has 0 spiro atoms. The normalized spacial score (nSPS) is 19.5. The number of ether oxygens (including phenoxy) is 1. The summed E-state index contributed by atoms with van der Waals surface area (Å²) in [6, 6.07) is 8.96. The lowest BCUT2D eigenvalue weighted by Crippen LogP contribution is -2.37. The molecule has 0 radical (unpaired) electrons. The van der Waals surface area contributed by atoms with Crippen molar-refractivity contribution in [3.63, 3.8) is 0 Å². The van der Waals surface area contributed by atoms with E-state index in [0.717, 1.165) is 30.9 Å². The third-order valence-corrected chi connectivity index (χ3v) is 4.96. The van der Waals surface area contributed by atoms with Gasteiger partial charge >= 0.3 is 0 Å². The number of hydrogen-bond acceptors (Lipinski definition) is 5. The maximum atomic E-state index is 12.6. The van der Waals surface area contributed by atoms with Crippen LogP contribution < -0.4 is 20.3 Å². The highest BCUT2D eigenvalue weighted by Crippen LogP contribution is 2.31. The van der Waals surface area contributed by atoms with Crippen LogP contribution in [0.3, 0.4) is 0 Å². The van der Waals surface area contributed by atoms with E-state index >= 15 is 0 Å². The Kier molecular flexibility index (Phi) is 4.81. The largest absolute Gasteiger partial charge is 0.495 e. The smallest absolute Gasteiger partial charge is 0.272 e. The van der Waals surface area contributed by atoms with Gasteiger partial charge in [-0.1, -0.05) is 12.1 Å². The molecule has 0 saturated carbocycles. The van der Waals surface area contributed by atoms with Crippen molar-refractivity contribution in [3.05, 3.63) is 41.7 Å². The SMILES string of the molecule is COc1ccccc1N1CC(NC(=O)c2cc3n(n2)CCCNC3)CC1=O. The second kappa shape index (κ2) is 7.40. The monoisotopic (exact) mass is 369 g/mol. The van der Waals surface area contributed by atoms with Crippen molar-refractivity contribution in [2.45, 2.75) is 32.0 Å². The maximum Gasteiger partial charge on any atom is 0.272 e. The first-order chi connectivity index (χ1) is 13.2. The third kappa shape index (κ3) is 3.52. The predicted molar refractivity (Wildman–Crippen MR) is 99.8 cm³/mol. The summed E-state index contributed by atoms with van der Waals surface area (Å²) in [4.78, 5) is 26.7. The molecule has 2 aliphatic heterocycles. The second-order valence-corrected chi connectivity index (χ2v) is 6.83. The molecular formula is C19H23N5O3. The second-order valence-electron chi connectivity index (χ2n) is 6.83. The third-order valence-electron chi connectivity index (χ3n) is 4.96. The number of methoxy groups -OCH3 is 1. The molecule has 142 valence electrons. The van der Waals surface area contributed by atoms with Gasteiger partial charge in [0, 0.05) is 26.1 Å². The number of para-hydroxylation sites is 2. The maximum absolute atomic E-state index is 12.6. The van der Waals surface area contributed by atoms with Gasteiger partial charge in [0.2, 0.25) is 5.91 Å². The average Bonchev–Trinajstić information content (AvgIpc) is 3.18. The topological polar surface area (TPSA) is 88.5 Å². The van der Waals surface area contributed by atoms with E-state index in [1.54, 1.807) is 12.0 Å². The number of nitrogens with one attached hydrogen (secondary N) is 2. The van der Waals surface area contributed by atoms with Crippen LogP contribution in [0.4, 0.5) is 5.69 Å². The van der Waals surface area contributed by atoms with Crippen LogP contribution in [0, 0.1) is 0 Å². The van der Waals surface area contributed by atoms with Gasteiger partial charge in [-0.2, -0.15) is 5.10 Å². The molecule has 27 heavy (non-hydrogen) atoms. The fourth-order valence-corrected chi connectivity index (χ4v) is 3.62. The number of nitrogens with zero attached hydrogens (tertiary/aromatic N) is 3. The first-order valence-corrected chi connectivity index (χ1v) is 9.17. The van der Waals surface area contributed by atoms with Gasteiger partial charge < -0.3 is 20.3 Å². The van der Waals surface area contributed by atoms with E-state index < -0.39 is 0 Å². The first kappa shape index (κ1) is 17.5. The van der Waals surface area contributed by atoms with Crippen LogP contribution in [0.15, 0.2) is 30.3 Å². The van der Waals surface area contributed by atoms with Crippen LogP contribution in [0.5, 0.6) is 5.75 Å². The van der Waals surface area contributed by atoms with Crippen molar-refractivity contribution in [1.82, 2.24) is 20.4 Å². The number of aryl methyl sites for hydroxylation is 1. The zero-order valence-electron chi connectivity index (χ0n) is 15.3. The molecule has 2 N–H and O–H groups in total. The predicted octanol–water partition coefficient (Wildman–Crippen LogP) is 0.920. The summed E-state index contributed by atoms with van der Waals surface area (Å²) < 4.78 is 7.23. The molecule has 8 nitrogen and oxygen atoms in total. The van der Waals surface area contributed by atoms with E-state index in [2.05, 4.69) is 15.7 Å². The Morgan fingerprint density at radius 1 is 1.37 bits per heavy atom. The molecule has 0 aliphatic carbocycles. The number of fused-ring (bicyclic) bond motifs is 1. The molecule has 1 unspecified atom stereocenters. The van der Waals surface area contributed by atoms with E-state index in [1.807, 2.05) is 35.0 Å². The van der Waals surface area contributed by atoms with Gasteiger partial charge in [-0.25, -0.2) is 0 Å². The van der Waals surface area contributed by atoms with Crippen molar-refractivity contribution in [1.29, 1.82) is 0 Å². The Hall–Kier alpha value is -2.87. The van der Waals surface area contributed by atoms with E-state index in [1.165, 1.54) is 0 Å². The van der Waals surface area contributed by atoms with Crippen LogP contribution in [0.25, 0.3) is 0 Å². The number of anilines is 1. The molecule has 3 heterocycles. The quantitative estimate of drug-likeness (QED) is 0.837. The van der Waals surface area contributed by atoms with Gasteiger partial charge in [0.05, 0.1) is 24.5 Å². The van der Waals surface area contributed by atoms with Gasteiger partial charge in [0.15, 0.2) is 5.69 Å². The lowest BCUT2D eigenvalue weighted by atomic mass is 10.2. The molecule has 4 rings (SSSR count). The number of hydrogen-bond donors (Lipinski definition) is 2. The number of aromatic nitrogens is 2. The summed E-state index contributed by atoms with van der Waals surface area (Å²) in [5.41, 5.74) is 2.13. The summed E-state index contributed by atoms with van der Waals surface area (Å²) >= 11 is 0. The first-order valence-electron chi connectivity index (χ1n) is 9.17. The fraction of sp³-hybridized carbons (Fsp3) is 0.421. The van der Waals surface area contributed by atoms with Gasteiger partial charge in [-0.3, -0.25) is 14.3 Å². The van der Waals surface area contributed by atoms with Gasteiger partial charge in [0.1, 0.15) is 5.75 Å². The molecule has 0 bridgehead atoms. The van der Waals surface area contributed by atoms with E-state index in [4.69, 9.17) is 4.74 Å². The lowest BCUT2D eigenvalue weighted by molar-refractivity contribution is -0.117. The lowest BCUT2D eigenvalue weighted by Gasteiger charge is -2.19. The molecule has 1 saturated heterocycles. The van der Waals surface area contributed by atoms with Crippen LogP contribution in [-0.4, -0.2) is 47.8 Å². The van der Waals surface area contributed by atoms with Crippen LogP contribution in [-0.2, 0) is 17.9 Å². The van der Waals surface area contributed by atoms with Gasteiger partial charge in [0.25, 0.3) is 5.91 Å². The summed E-state index contributed by atoms with van der Waals surface area (Å²) in [5.74, 6) is 0.369. The fourth-order valence-electron chi connectivity index (χ4n) is 3.62. The van der Waals surface area contributed by atoms with E-state index in [-0.39, 0.29) is 24.3 Å². The van der Waals surface area contributed by atoms with Crippen LogP contribution in [0.1, 0.15) is 29.0 Å². The van der Waals surface area contributed by atoms with Crippen molar-refractivity contribution in [2.75, 3.05) is 25.1 Å². The number of amides is 2. The van der Waals surface area contributed by atoms with Gasteiger partial charge in [-0.15, -0.1) is 0 Å². The molecule has 8 heteroatoms. The highest BCUT2D eigenvalue weighted by molar-refractivity contribution is 5.99. The minimum absolute atomic E-state index is 0.0328. The Labute approximate surface area is 157 Å².